The van der Waals surface area contributed by atoms with Gasteiger partial charge in [0.25, 0.3) is 5.91 Å². The second kappa shape index (κ2) is 5.30. The average Bonchev–Trinajstić information content (AvgIpc) is 2.38. The maximum absolute atomic E-state index is 12.4. The number of ether oxygens (including phenoxy) is 1. The molecule has 0 bridgehead atoms. The number of rotatable bonds is 2. The summed E-state index contributed by atoms with van der Waals surface area (Å²) in [6.45, 7) is 3.94. The van der Waals surface area contributed by atoms with Gasteiger partial charge in [0.05, 0.1) is 18.1 Å². The monoisotopic (exact) mass is 283 g/mol. The van der Waals surface area contributed by atoms with Gasteiger partial charge in [0.15, 0.2) is 9.84 Å². The van der Waals surface area contributed by atoms with E-state index in [0.29, 0.717) is 31.9 Å². The molecule has 1 saturated heterocycles. The minimum Gasteiger partial charge on any atom is -0.378 e. The summed E-state index contributed by atoms with van der Waals surface area (Å²) in [6, 6.07) is 4.66. The number of carbonyl (C=O) groups is 1. The first kappa shape index (κ1) is 14.0. The molecule has 0 radical (unpaired) electrons. The molecule has 19 heavy (non-hydrogen) atoms. The number of hydrogen-bond acceptors (Lipinski definition) is 4. The van der Waals surface area contributed by atoms with Gasteiger partial charge in [-0.25, -0.2) is 8.42 Å². The van der Waals surface area contributed by atoms with Gasteiger partial charge < -0.3 is 9.64 Å². The zero-order chi connectivity index (χ0) is 14.0. The van der Waals surface area contributed by atoms with Crippen molar-refractivity contribution in [1.82, 2.24) is 4.90 Å². The largest absolute Gasteiger partial charge is 0.378 e. The van der Waals surface area contributed by atoms with E-state index in [0.717, 1.165) is 11.8 Å². The van der Waals surface area contributed by atoms with E-state index in [1.807, 2.05) is 0 Å². The topological polar surface area (TPSA) is 63.7 Å². The van der Waals surface area contributed by atoms with E-state index in [4.69, 9.17) is 4.74 Å². The Morgan fingerprint density at radius 3 is 2.47 bits per heavy atom. The molecular formula is C13H17NO4S. The maximum atomic E-state index is 12.4. The summed E-state index contributed by atoms with van der Waals surface area (Å²) < 4.78 is 28.3. The van der Waals surface area contributed by atoms with Crippen molar-refractivity contribution in [1.29, 1.82) is 0 Å². The second-order valence-electron chi connectivity index (χ2n) is 4.65. The summed E-state index contributed by atoms with van der Waals surface area (Å²) in [7, 11) is -3.30. The number of benzene rings is 1. The zero-order valence-corrected chi connectivity index (χ0v) is 11.9. The van der Waals surface area contributed by atoms with Crippen molar-refractivity contribution < 1.29 is 17.9 Å². The fraction of sp³-hybridized carbons (Fsp3) is 0.462. The van der Waals surface area contributed by atoms with Crippen molar-refractivity contribution in [2.45, 2.75) is 11.8 Å². The highest BCUT2D eigenvalue weighted by Gasteiger charge is 2.21. The van der Waals surface area contributed by atoms with Crippen LogP contribution in [0, 0.1) is 6.92 Å². The highest BCUT2D eigenvalue weighted by atomic mass is 32.2. The van der Waals surface area contributed by atoms with Gasteiger partial charge in [-0.3, -0.25) is 4.79 Å². The van der Waals surface area contributed by atoms with Crippen molar-refractivity contribution in [2.75, 3.05) is 32.6 Å². The molecular weight excluding hydrogens is 266 g/mol. The molecule has 0 atom stereocenters. The Kier molecular flexibility index (Phi) is 3.91. The van der Waals surface area contributed by atoms with Crippen LogP contribution in [0.25, 0.3) is 0 Å². The van der Waals surface area contributed by atoms with Crippen molar-refractivity contribution in [3.8, 4) is 0 Å². The van der Waals surface area contributed by atoms with Crippen LogP contribution in [-0.2, 0) is 14.6 Å². The Balaban J connectivity index is 2.35. The highest BCUT2D eigenvalue weighted by molar-refractivity contribution is 7.90. The number of carbonyl (C=O) groups excluding carboxylic acids is 1. The summed E-state index contributed by atoms with van der Waals surface area (Å²) in [5, 5.41) is 0. The summed E-state index contributed by atoms with van der Waals surface area (Å²) in [6.07, 6.45) is 1.14. The van der Waals surface area contributed by atoms with E-state index in [-0.39, 0.29) is 10.8 Å². The normalized spacial score (nSPS) is 16.4. The second-order valence-corrected chi connectivity index (χ2v) is 6.67. The molecule has 0 unspecified atom stereocenters. The molecule has 1 fully saturated rings. The molecule has 1 aliphatic rings. The van der Waals surface area contributed by atoms with Gasteiger partial charge in [-0.15, -0.1) is 0 Å². The van der Waals surface area contributed by atoms with Gasteiger partial charge >= 0.3 is 0 Å². The molecule has 1 aliphatic heterocycles. The van der Waals surface area contributed by atoms with Gasteiger partial charge in [-0.2, -0.15) is 0 Å². The number of hydrogen-bond donors (Lipinski definition) is 0. The standard InChI is InChI=1S/C13H17NO4S/c1-10-3-4-11(19(2,16)17)9-12(10)13(15)14-5-7-18-8-6-14/h3-4,9H,5-8H2,1-2H3. The molecule has 1 aromatic carbocycles. The molecule has 1 aromatic rings. The fourth-order valence-corrected chi connectivity index (χ4v) is 2.65. The molecule has 6 heteroatoms. The fourth-order valence-electron chi connectivity index (χ4n) is 2.00. The number of aryl methyl sites for hydroxylation is 1. The van der Waals surface area contributed by atoms with Crippen LogP contribution in [0.3, 0.4) is 0 Å². The lowest BCUT2D eigenvalue weighted by atomic mass is 10.1. The summed E-state index contributed by atoms with van der Waals surface area (Å²) in [4.78, 5) is 14.2. The molecule has 2 rings (SSSR count). The third-order valence-corrected chi connectivity index (χ3v) is 4.28. The van der Waals surface area contributed by atoms with Gasteiger partial charge in [-0.1, -0.05) is 6.07 Å². The van der Waals surface area contributed by atoms with Crippen LogP contribution >= 0.6 is 0 Å². The molecule has 0 spiro atoms. The Morgan fingerprint density at radius 2 is 1.89 bits per heavy atom. The Labute approximate surface area is 113 Å². The molecule has 1 amide bonds. The van der Waals surface area contributed by atoms with Gasteiger partial charge in [0.1, 0.15) is 0 Å². The Bertz CT molecular complexity index is 589. The number of sulfone groups is 1. The third-order valence-electron chi connectivity index (χ3n) is 3.17. The van der Waals surface area contributed by atoms with Gasteiger partial charge in [0.2, 0.25) is 0 Å². The Hall–Kier alpha value is -1.40. The summed E-state index contributed by atoms with van der Waals surface area (Å²) >= 11 is 0. The van der Waals surface area contributed by atoms with Crippen LogP contribution in [0.15, 0.2) is 23.1 Å². The van der Waals surface area contributed by atoms with Gasteiger partial charge in [0, 0.05) is 24.9 Å². The lowest BCUT2D eigenvalue weighted by molar-refractivity contribution is 0.0302. The van der Waals surface area contributed by atoms with Crippen LogP contribution in [0.5, 0.6) is 0 Å². The molecule has 0 aliphatic carbocycles. The van der Waals surface area contributed by atoms with E-state index in [9.17, 15) is 13.2 Å². The van der Waals surface area contributed by atoms with E-state index < -0.39 is 9.84 Å². The minimum absolute atomic E-state index is 0.133. The number of morpholine rings is 1. The summed E-state index contributed by atoms with van der Waals surface area (Å²) in [5.41, 5.74) is 1.23. The van der Waals surface area contributed by atoms with Crippen molar-refractivity contribution >= 4 is 15.7 Å². The quantitative estimate of drug-likeness (QED) is 0.808. The predicted molar refractivity (Wildman–Crippen MR) is 71.0 cm³/mol. The Morgan fingerprint density at radius 1 is 1.26 bits per heavy atom. The lowest BCUT2D eigenvalue weighted by Gasteiger charge is -2.27. The zero-order valence-electron chi connectivity index (χ0n) is 11.0. The molecule has 0 N–H and O–H groups in total. The number of nitrogens with zero attached hydrogens (tertiary/aromatic N) is 1. The first-order chi connectivity index (χ1) is 8.89. The molecule has 104 valence electrons. The van der Waals surface area contributed by atoms with E-state index in [1.54, 1.807) is 17.9 Å². The van der Waals surface area contributed by atoms with Crippen LogP contribution in [-0.4, -0.2) is 51.8 Å². The SMILES string of the molecule is Cc1ccc(S(C)(=O)=O)cc1C(=O)N1CCOCC1. The third kappa shape index (κ3) is 3.13. The lowest BCUT2D eigenvalue weighted by Crippen LogP contribution is -2.41. The minimum atomic E-state index is -3.30. The van der Waals surface area contributed by atoms with Crippen LogP contribution in [0.1, 0.15) is 15.9 Å². The average molecular weight is 283 g/mol. The molecule has 1 heterocycles. The van der Waals surface area contributed by atoms with Crippen molar-refractivity contribution in [2.24, 2.45) is 0 Å². The first-order valence-electron chi connectivity index (χ1n) is 6.07. The van der Waals surface area contributed by atoms with Crippen molar-refractivity contribution in [3.05, 3.63) is 29.3 Å². The number of amides is 1. The van der Waals surface area contributed by atoms with Gasteiger partial charge in [-0.05, 0) is 24.6 Å². The van der Waals surface area contributed by atoms with E-state index in [1.165, 1.54) is 12.1 Å². The molecule has 0 saturated carbocycles. The highest BCUT2D eigenvalue weighted by Crippen LogP contribution is 2.18. The van der Waals surface area contributed by atoms with Crippen LogP contribution < -0.4 is 0 Å². The van der Waals surface area contributed by atoms with E-state index >= 15 is 0 Å². The van der Waals surface area contributed by atoms with Crippen molar-refractivity contribution in [3.63, 3.8) is 0 Å². The van der Waals surface area contributed by atoms with Crippen LogP contribution in [0.2, 0.25) is 0 Å². The van der Waals surface area contributed by atoms with Crippen LogP contribution in [0.4, 0.5) is 0 Å². The summed E-state index contributed by atoms with van der Waals surface area (Å²) in [5.74, 6) is -0.133. The molecule has 0 aromatic heterocycles. The maximum Gasteiger partial charge on any atom is 0.254 e. The molecule has 5 nitrogen and oxygen atoms in total. The van der Waals surface area contributed by atoms with E-state index in [2.05, 4.69) is 0 Å². The predicted octanol–water partition coefficient (Wildman–Crippen LogP) is 0.871. The first-order valence-corrected chi connectivity index (χ1v) is 7.96. The smallest absolute Gasteiger partial charge is 0.254 e.